The van der Waals surface area contributed by atoms with Gasteiger partial charge in [-0.25, -0.2) is 0 Å². The SMILES string of the molecule is Cc1ccc(C(N)Cc2ccc3ccccc3n2)cc1. The van der Waals surface area contributed by atoms with Gasteiger partial charge in [-0.05, 0) is 24.6 Å². The highest BCUT2D eigenvalue weighted by Gasteiger charge is 2.08. The molecule has 3 aromatic rings. The number of rotatable bonds is 3. The molecule has 1 aromatic heterocycles. The van der Waals surface area contributed by atoms with Crippen molar-refractivity contribution in [3.8, 4) is 0 Å². The maximum absolute atomic E-state index is 6.28. The molecule has 0 aliphatic rings. The molecule has 0 spiro atoms. The summed E-state index contributed by atoms with van der Waals surface area (Å²) in [5.41, 5.74) is 10.8. The van der Waals surface area contributed by atoms with Gasteiger partial charge in [0.1, 0.15) is 0 Å². The summed E-state index contributed by atoms with van der Waals surface area (Å²) in [7, 11) is 0. The molecule has 2 nitrogen and oxygen atoms in total. The quantitative estimate of drug-likeness (QED) is 0.780. The highest BCUT2D eigenvalue weighted by atomic mass is 14.7. The number of para-hydroxylation sites is 1. The lowest BCUT2D eigenvalue weighted by Gasteiger charge is -2.12. The molecule has 0 aliphatic heterocycles. The van der Waals surface area contributed by atoms with E-state index in [9.17, 15) is 0 Å². The molecule has 100 valence electrons. The molecule has 0 radical (unpaired) electrons. The third-order valence-corrected chi connectivity index (χ3v) is 3.59. The number of pyridine rings is 1. The highest BCUT2D eigenvalue weighted by molar-refractivity contribution is 5.78. The van der Waals surface area contributed by atoms with Gasteiger partial charge in [-0.1, -0.05) is 54.1 Å². The Bertz CT molecular complexity index is 717. The van der Waals surface area contributed by atoms with E-state index in [-0.39, 0.29) is 6.04 Å². The average molecular weight is 262 g/mol. The van der Waals surface area contributed by atoms with Crippen molar-refractivity contribution in [3.05, 3.63) is 77.5 Å². The smallest absolute Gasteiger partial charge is 0.0705 e. The van der Waals surface area contributed by atoms with E-state index in [1.165, 1.54) is 10.9 Å². The number of aryl methyl sites for hydroxylation is 1. The summed E-state index contributed by atoms with van der Waals surface area (Å²) in [4.78, 5) is 4.68. The van der Waals surface area contributed by atoms with Crippen molar-refractivity contribution in [3.63, 3.8) is 0 Å². The number of hydrogen-bond acceptors (Lipinski definition) is 2. The molecule has 0 fully saturated rings. The maximum atomic E-state index is 6.28. The van der Waals surface area contributed by atoms with E-state index in [0.717, 1.165) is 23.2 Å². The molecule has 0 aliphatic carbocycles. The van der Waals surface area contributed by atoms with Gasteiger partial charge in [0.2, 0.25) is 0 Å². The van der Waals surface area contributed by atoms with Crippen LogP contribution in [0.25, 0.3) is 10.9 Å². The molecular weight excluding hydrogens is 244 g/mol. The first kappa shape index (κ1) is 12.8. The number of nitrogens with two attached hydrogens (primary N) is 1. The van der Waals surface area contributed by atoms with Crippen LogP contribution in [0.4, 0.5) is 0 Å². The lowest BCUT2D eigenvalue weighted by atomic mass is 10.0. The topological polar surface area (TPSA) is 38.9 Å². The minimum atomic E-state index is -0.00994. The van der Waals surface area contributed by atoms with Crippen molar-refractivity contribution in [1.29, 1.82) is 0 Å². The second-order valence-electron chi connectivity index (χ2n) is 5.22. The van der Waals surface area contributed by atoms with Crippen LogP contribution in [0.15, 0.2) is 60.7 Å². The van der Waals surface area contributed by atoms with Gasteiger partial charge in [-0.3, -0.25) is 4.98 Å². The number of benzene rings is 2. The van der Waals surface area contributed by atoms with Crippen molar-refractivity contribution in [2.45, 2.75) is 19.4 Å². The number of fused-ring (bicyclic) bond motifs is 1. The predicted molar refractivity (Wildman–Crippen MR) is 83.6 cm³/mol. The van der Waals surface area contributed by atoms with Crippen LogP contribution in [0.3, 0.4) is 0 Å². The Hall–Kier alpha value is -2.19. The summed E-state index contributed by atoms with van der Waals surface area (Å²) in [5.74, 6) is 0. The molecule has 1 heterocycles. The van der Waals surface area contributed by atoms with Gasteiger partial charge in [0.25, 0.3) is 0 Å². The molecule has 2 heteroatoms. The molecule has 3 rings (SSSR count). The Morgan fingerprint density at radius 1 is 0.950 bits per heavy atom. The lowest BCUT2D eigenvalue weighted by molar-refractivity contribution is 0.709. The second-order valence-corrected chi connectivity index (χ2v) is 5.22. The lowest BCUT2D eigenvalue weighted by Crippen LogP contribution is -2.14. The van der Waals surface area contributed by atoms with E-state index >= 15 is 0 Å². The van der Waals surface area contributed by atoms with Crippen LogP contribution in [-0.2, 0) is 6.42 Å². The van der Waals surface area contributed by atoms with Gasteiger partial charge in [0.05, 0.1) is 5.52 Å². The molecule has 0 saturated heterocycles. The third-order valence-electron chi connectivity index (χ3n) is 3.59. The van der Waals surface area contributed by atoms with Crippen molar-refractivity contribution >= 4 is 10.9 Å². The molecule has 2 N–H and O–H groups in total. The summed E-state index contributed by atoms with van der Waals surface area (Å²) in [6.45, 7) is 2.08. The zero-order valence-corrected chi connectivity index (χ0v) is 11.6. The summed E-state index contributed by atoms with van der Waals surface area (Å²) in [5, 5.41) is 1.17. The van der Waals surface area contributed by atoms with Gasteiger partial charge in [-0.15, -0.1) is 0 Å². The third kappa shape index (κ3) is 2.70. The van der Waals surface area contributed by atoms with Gasteiger partial charge < -0.3 is 5.73 Å². The Morgan fingerprint density at radius 2 is 1.70 bits per heavy atom. The molecule has 20 heavy (non-hydrogen) atoms. The summed E-state index contributed by atoms with van der Waals surface area (Å²) in [6, 6.07) is 20.7. The predicted octanol–water partition coefficient (Wildman–Crippen LogP) is 3.79. The van der Waals surface area contributed by atoms with E-state index in [1.807, 2.05) is 18.2 Å². The molecule has 0 bridgehead atoms. The van der Waals surface area contributed by atoms with E-state index in [2.05, 4.69) is 54.4 Å². The largest absolute Gasteiger partial charge is 0.324 e. The number of nitrogens with zero attached hydrogens (tertiary/aromatic N) is 1. The van der Waals surface area contributed by atoms with Crippen LogP contribution in [0.1, 0.15) is 22.9 Å². The Morgan fingerprint density at radius 3 is 2.50 bits per heavy atom. The van der Waals surface area contributed by atoms with Crippen LogP contribution >= 0.6 is 0 Å². The molecule has 1 unspecified atom stereocenters. The van der Waals surface area contributed by atoms with Gasteiger partial charge >= 0.3 is 0 Å². The monoisotopic (exact) mass is 262 g/mol. The zero-order chi connectivity index (χ0) is 13.9. The average Bonchev–Trinajstić information content (AvgIpc) is 2.48. The van der Waals surface area contributed by atoms with Crippen LogP contribution in [0.5, 0.6) is 0 Å². The minimum absolute atomic E-state index is 0.00994. The molecule has 0 amide bonds. The normalized spacial score (nSPS) is 12.5. The second kappa shape index (κ2) is 5.43. The van der Waals surface area contributed by atoms with Crippen LogP contribution < -0.4 is 5.73 Å². The molecular formula is C18H18N2. The first-order valence-corrected chi connectivity index (χ1v) is 6.89. The van der Waals surface area contributed by atoms with Gasteiger partial charge in [0, 0.05) is 23.5 Å². The Balaban J connectivity index is 1.83. The van der Waals surface area contributed by atoms with E-state index in [1.54, 1.807) is 0 Å². The van der Waals surface area contributed by atoms with Crippen molar-refractivity contribution in [2.75, 3.05) is 0 Å². The summed E-state index contributed by atoms with van der Waals surface area (Å²) in [6.07, 6.45) is 0.758. The molecule has 2 aromatic carbocycles. The van der Waals surface area contributed by atoms with E-state index in [0.29, 0.717) is 0 Å². The summed E-state index contributed by atoms with van der Waals surface area (Å²) < 4.78 is 0. The fourth-order valence-electron chi connectivity index (χ4n) is 2.38. The first-order chi connectivity index (χ1) is 9.72. The summed E-state index contributed by atoms with van der Waals surface area (Å²) >= 11 is 0. The fourth-order valence-corrected chi connectivity index (χ4v) is 2.38. The van der Waals surface area contributed by atoms with Crippen molar-refractivity contribution in [2.24, 2.45) is 5.73 Å². The van der Waals surface area contributed by atoms with E-state index in [4.69, 9.17) is 5.73 Å². The van der Waals surface area contributed by atoms with Crippen molar-refractivity contribution in [1.82, 2.24) is 4.98 Å². The minimum Gasteiger partial charge on any atom is -0.324 e. The fraction of sp³-hybridized carbons (Fsp3) is 0.167. The van der Waals surface area contributed by atoms with Crippen LogP contribution in [0.2, 0.25) is 0 Å². The number of hydrogen-bond donors (Lipinski definition) is 1. The van der Waals surface area contributed by atoms with E-state index < -0.39 is 0 Å². The standard InChI is InChI=1S/C18H18N2/c1-13-6-8-14(9-7-13)17(19)12-16-11-10-15-4-2-3-5-18(15)20-16/h2-11,17H,12,19H2,1H3. The maximum Gasteiger partial charge on any atom is 0.0705 e. The van der Waals surface area contributed by atoms with Crippen molar-refractivity contribution < 1.29 is 0 Å². The molecule has 0 saturated carbocycles. The number of aromatic nitrogens is 1. The van der Waals surface area contributed by atoms with Crippen LogP contribution in [-0.4, -0.2) is 4.98 Å². The van der Waals surface area contributed by atoms with Crippen LogP contribution in [0, 0.1) is 6.92 Å². The van der Waals surface area contributed by atoms with Gasteiger partial charge in [-0.2, -0.15) is 0 Å². The Labute approximate surface area is 119 Å². The zero-order valence-electron chi connectivity index (χ0n) is 11.6. The molecule has 1 atom stereocenters. The van der Waals surface area contributed by atoms with Gasteiger partial charge in [0.15, 0.2) is 0 Å². The first-order valence-electron chi connectivity index (χ1n) is 6.89. The highest BCUT2D eigenvalue weighted by Crippen LogP contribution is 2.18. The Kier molecular flexibility index (Phi) is 3.48.